The molecule has 1 unspecified atom stereocenters. The van der Waals surface area contributed by atoms with Crippen LogP contribution in [0.5, 0.6) is 0 Å². The second-order valence-corrected chi connectivity index (χ2v) is 3.36. The van der Waals surface area contributed by atoms with Crippen LogP contribution < -0.4 is 16.4 Å². The summed E-state index contributed by atoms with van der Waals surface area (Å²) >= 11 is 0. The molecule has 0 aromatic carbocycles. The van der Waals surface area contributed by atoms with Gasteiger partial charge in [0.25, 0.3) is 5.91 Å². The van der Waals surface area contributed by atoms with Crippen LogP contribution in [-0.4, -0.2) is 24.0 Å². The van der Waals surface area contributed by atoms with Crippen LogP contribution in [0.15, 0.2) is 0 Å². The lowest BCUT2D eigenvalue weighted by Gasteiger charge is -2.23. The first-order valence-corrected chi connectivity index (χ1v) is 4.03. The van der Waals surface area contributed by atoms with E-state index in [0.717, 1.165) is 12.8 Å². The molecule has 1 saturated heterocycles. The first-order chi connectivity index (χ1) is 5.69. The van der Waals surface area contributed by atoms with Gasteiger partial charge in [0.2, 0.25) is 0 Å². The van der Waals surface area contributed by atoms with Crippen molar-refractivity contribution in [3.8, 4) is 0 Å². The number of imide groups is 1. The second-order valence-electron chi connectivity index (χ2n) is 3.36. The lowest BCUT2D eigenvalue weighted by Crippen LogP contribution is -2.54. The minimum atomic E-state index is -0.795. The van der Waals surface area contributed by atoms with Crippen LogP contribution in [0.1, 0.15) is 12.8 Å². The van der Waals surface area contributed by atoms with Gasteiger partial charge in [-0.05, 0) is 18.8 Å². The van der Waals surface area contributed by atoms with E-state index in [1.807, 2.05) is 0 Å². The van der Waals surface area contributed by atoms with Crippen molar-refractivity contribution in [2.24, 2.45) is 11.7 Å². The van der Waals surface area contributed by atoms with Crippen LogP contribution in [0.4, 0.5) is 4.79 Å². The first-order valence-electron chi connectivity index (χ1n) is 4.03. The molecule has 4 N–H and O–H groups in total. The Morgan fingerprint density at radius 2 is 2.08 bits per heavy atom. The second kappa shape index (κ2) is 3.16. The molecule has 0 aromatic rings. The summed E-state index contributed by atoms with van der Waals surface area (Å²) in [4.78, 5) is 22.2. The number of nitrogens with two attached hydrogens (primary N) is 1. The molecule has 1 heterocycles. The molecule has 3 amide bonds. The Bertz CT molecular complexity index is 254. The molecule has 1 aliphatic carbocycles. The van der Waals surface area contributed by atoms with Crippen LogP contribution in [-0.2, 0) is 4.79 Å². The third kappa shape index (κ3) is 1.38. The molecular formula is C7H12ClN3O2. The average molecular weight is 206 g/mol. The summed E-state index contributed by atoms with van der Waals surface area (Å²) in [5.41, 5.74) is 4.69. The number of hydrogen-bond acceptors (Lipinski definition) is 3. The Labute approximate surface area is 81.8 Å². The summed E-state index contributed by atoms with van der Waals surface area (Å²) in [6.07, 6.45) is 1.95. The van der Waals surface area contributed by atoms with Gasteiger partial charge in [-0.25, -0.2) is 4.79 Å². The van der Waals surface area contributed by atoms with Gasteiger partial charge in [-0.2, -0.15) is 0 Å². The van der Waals surface area contributed by atoms with Crippen molar-refractivity contribution in [2.75, 3.05) is 6.54 Å². The predicted molar refractivity (Wildman–Crippen MR) is 48.4 cm³/mol. The van der Waals surface area contributed by atoms with Crippen LogP contribution in [0.25, 0.3) is 0 Å². The monoisotopic (exact) mass is 205 g/mol. The van der Waals surface area contributed by atoms with Gasteiger partial charge < -0.3 is 11.1 Å². The summed E-state index contributed by atoms with van der Waals surface area (Å²) in [6, 6.07) is -0.419. The highest BCUT2D eigenvalue weighted by atomic mass is 35.5. The Kier molecular flexibility index (Phi) is 2.49. The maximum Gasteiger partial charge on any atom is 0.322 e. The van der Waals surface area contributed by atoms with E-state index in [4.69, 9.17) is 5.73 Å². The zero-order valence-corrected chi connectivity index (χ0v) is 7.82. The maximum atomic E-state index is 11.3. The highest BCUT2D eigenvalue weighted by Gasteiger charge is 2.54. The van der Waals surface area contributed by atoms with Crippen molar-refractivity contribution >= 4 is 24.3 Å². The fraction of sp³-hybridized carbons (Fsp3) is 0.714. The van der Waals surface area contributed by atoms with Crippen molar-refractivity contribution < 1.29 is 9.59 Å². The highest BCUT2D eigenvalue weighted by Crippen LogP contribution is 2.40. The number of halogens is 1. The van der Waals surface area contributed by atoms with Crippen molar-refractivity contribution in [1.29, 1.82) is 0 Å². The van der Waals surface area contributed by atoms with Gasteiger partial charge in [0.05, 0.1) is 0 Å². The Morgan fingerprint density at radius 1 is 1.46 bits per heavy atom. The molecule has 0 radical (unpaired) electrons. The van der Waals surface area contributed by atoms with Crippen molar-refractivity contribution in [3.63, 3.8) is 0 Å². The molecule has 2 fully saturated rings. The quantitative estimate of drug-likeness (QED) is 0.524. The molecule has 2 aliphatic rings. The smallest absolute Gasteiger partial charge is 0.322 e. The van der Waals surface area contributed by atoms with Crippen molar-refractivity contribution in [3.05, 3.63) is 0 Å². The van der Waals surface area contributed by atoms with E-state index in [2.05, 4.69) is 10.6 Å². The predicted octanol–water partition coefficient (Wildman–Crippen LogP) is -0.645. The Hall–Kier alpha value is -0.810. The molecule has 13 heavy (non-hydrogen) atoms. The summed E-state index contributed by atoms with van der Waals surface area (Å²) < 4.78 is 0. The standard InChI is InChI=1S/C7H11N3O2.ClH/c8-3-7(4-1-2-4)5(11)9-6(12)10-7;/h4H,1-3,8H2,(H2,9,10,11,12);1H. The molecule has 74 valence electrons. The molecule has 0 aromatic heterocycles. The third-order valence-corrected chi connectivity index (χ3v) is 2.57. The van der Waals surface area contributed by atoms with Gasteiger partial charge in [-0.15, -0.1) is 12.4 Å². The van der Waals surface area contributed by atoms with Gasteiger partial charge >= 0.3 is 6.03 Å². The normalized spacial score (nSPS) is 32.1. The van der Waals surface area contributed by atoms with Crippen LogP contribution in [0, 0.1) is 5.92 Å². The molecule has 5 nitrogen and oxygen atoms in total. The summed E-state index contributed by atoms with van der Waals surface area (Å²) in [5, 5.41) is 4.82. The van der Waals surface area contributed by atoms with E-state index in [1.165, 1.54) is 0 Å². The minimum Gasteiger partial charge on any atom is -0.328 e. The number of carbonyl (C=O) groups is 2. The molecule has 1 aliphatic heterocycles. The van der Waals surface area contributed by atoms with Crippen LogP contribution in [0.3, 0.4) is 0 Å². The average Bonchev–Trinajstić information content (AvgIpc) is 2.79. The minimum absolute atomic E-state index is 0. The molecule has 1 saturated carbocycles. The first kappa shape index (κ1) is 10.3. The van der Waals surface area contributed by atoms with Gasteiger partial charge in [0, 0.05) is 6.54 Å². The molecule has 1 atom stereocenters. The Morgan fingerprint density at radius 3 is 2.38 bits per heavy atom. The molecule has 0 bridgehead atoms. The zero-order valence-electron chi connectivity index (χ0n) is 7.00. The zero-order chi connectivity index (χ0) is 8.77. The summed E-state index contributed by atoms with van der Waals surface area (Å²) in [7, 11) is 0. The third-order valence-electron chi connectivity index (χ3n) is 2.57. The van der Waals surface area contributed by atoms with Gasteiger partial charge in [-0.1, -0.05) is 0 Å². The molecule has 6 heteroatoms. The number of urea groups is 1. The number of nitrogens with one attached hydrogen (secondary N) is 2. The van der Waals surface area contributed by atoms with Gasteiger partial charge in [0.1, 0.15) is 5.54 Å². The van der Waals surface area contributed by atoms with E-state index in [-0.39, 0.29) is 30.8 Å². The molecular weight excluding hydrogens is 194 g/mol. The van der Waals surface area contributed by atoms with Crippen molar-refractivity contribution in [2.45, 2.75) is 18.4 Å². The lowest BCUT2D eigenvalue weighted by molar-refractivity contribution is -0.124. The maximum absolute atomic E-state index is 11.3. The van der Waals surface area contributed by atoms with E-state index in [0.29, 0.717) is 0 Å². The SMILES string of the molecule is Cl.NCC1(C2CC2)NC(=O)NC1=O. The lowest BCUT2D eigenvalue weighted by atomic mass is 9.94. The van der Waals surface area contributed by atoms with E-state index < -0.39 is 11.6 Å². The molecule has 0 spiro atoms. The van der Waals surface area contributed by atoms with Gasteiger partial charge in [-0.3, -0.25) is 10.1 Å². The number of amides is 3. The van der Waals surface area contributed by atoms with E-state index >= 15 is 0 Å². The van der Waals surface area contributed by atoms with Crippen molar-refractivity contribution in [1.82, 2.24) is 10.6 Å². The summed E-state index contributed by atoms with van der Waals surface area (Å²) in [6.45, 7) is 0.190. The summed E-state index contributed by atoms with van der Waals surface area (Å²) in [5.74, 6) is -0.0218. The number of hydrogen-bond donors (Lipinski definition) is 3. The van der Waals surface area contributed by atoms with Crippen LogP contribution in [0.2, 0.25) is 0 Å². The fourth-order valence-electron chi connectivity index (χ4n) is 1.68. The fourth-order valence-corrected chi connectivity index (χ4v) is 1.68. The van der Waals surface area contributed by atoms with E-state index in [1.54, 1.807) is 0 Å². The largest absolute Gasteiger partial charge is 0.328 e. The Balaban J connectivity index is 0.000000845. The number of carbonyl (C=O) groups excluding carboxylic acids is 2. The number of rotatable bonds is 2. The van der Waals surface area contributed by atoms with Gasteiger partial charge in [0.15, 0.2) is 0 Å². The topological polar surface area (TPSA) is 84.2 Å². The van der Waals surface area contributed by atoms with Crippen LogP contribution >= 0.6 is 12.4 Å². The van der Waals surface area contributed by atoms with E-state index in [9.17, 15) is 9.59 Å². The molecule has 2 rings (SSSR count). The highest BCUT2D eigenvalue weighted by molar-refractivity contribution is 6.07.